The second-order valence-corrected chi connectivity index (χ2v) is 32.1. The number of nitrogens with zero attached hydrogens (tertiary/aromatic N) is 1. The number of aromatic nitrogens is 2. The second-order valence-electron chi connectivity index (χ2n) is 31.1. The summed E-state index contributed by atoms with van der Waals surface area (Å²) >= 11 is 1.56. The number of aliphatic hydroxyl groups is 1. The topological polar surface area (TPSA) is 457 Å². The Hall–Kier alpha value is -11.3. The SMILES string of the molecule is C[C@@H](O)[C@@H]1NC(=O)[C@H](CCCCN)NC(=O)[C@@H](Cc2c[nH]c3ccccc23)NC(=O)[C@H](Cc2ccccc2)NC(=O)[C@H](Cc2ccccc2)NC(=O)[C@H](CCCNC(=N)N)NC(=O)[C@H](NC[C@H](Cc2ccc(O)cc2)NC(=O)CSC[C@@H]2C[C@@H]3c4cccc5[nH]cc(c45)C[C@H]3N(C)C2)CCCCNC(=O)[C@H](Cc2ccc(O)cc2)NC1=O. The average molecular weight is 1620 g/mol. The molecule has 0 bridgehead atoms. The average Bonchev–Trinajstić information content (AvgIpc) is 1.67. The lowest BCUT2D eigenvalue weighted by molar-refractivity contribution is -0.136. The normalized spacial score (nSPS) is 23.0. The standard InChI is InChI=1S/C87H111N17O12S/c1-52(105)78-86(116)102-71(43-56-30-34-62(107)35-31-56)79(109)91-37-14-12-24-68(95-48-60(39-55-28-32-61(106)33-29-55)96-76(108)51-117-50-57-40-65-64-22-15-26-67-77(64)59(47-94-67)45-75(65)104(2)49-57)80(110)97-70(27-16-38-92-87(89)90)81(111)99-72(41-53-17-5-3-6-18-53)83(113)100-73(42-54-19-7-4-8-20-54)84(114)101-74(44-58-46-93-66-23-10-9-21-63(58)66)85(115)98-69(82(112)103-78)25-11-13-36-88/h3-10,15,17-23,26,28-35,46-47,52,57,60,65,68-75,78,93-95,105-107H,11-14,16,24-25,27,36-45,48-51,88H2,1-2H3,(H,91,109)(H,96,108)(H,97,110)(H,98,115)(H,99,111)(H,100,113)(H,101,114)(H,102,116)(H,103,112)(H4,89,90,92)/t52-,57-,60+,65-,68-,69+,70+,71+,72+,73+,74-,75-,78+/m1/s1. The number of H-pyrrole nitrogens is 2. The number of nitrogens with two attached hydrogens (primary N) is 2. The summed E-state index contributed by atoms with van der Waals surface area (Å²) in [6.45, 7) is 2.52. The number of piperidine rings is 1. The molecule has 11 rings (SSSR count). The van der Waals surface area contributed by atoms with Crippen molar-refractivity contribution < 1.29 is 58.5 Å². The maximum atomic E-state index is 15.5. The molecule has 6 aromatic carbocycles. The van der Waals surface area contributed by atoms with Crippen LogP contribution in [-0.4, -0.2) is 207 Å². The van der Waals surface area contributed by atoms with Gasteiger partial charge in [0, 0.05) is 104 Å². The minimum absolute atomic E-state index is 0.00242. The number of aromatic hydroxyl groups is 2. The summed E-state index contributed by atoms with van der Waals surface area (Å²) in [4.78, 5) is 145. The predicted octanol–water partition coefficient (Wildman–Crippen LogP) is 3.88. The molecule has 3 aliphatic rings. The molecule has 117 heavy (non-hydrogen) atoms. The smallest absolute Gasteiger partial charge is 0.245 e. The molecule has 0 saturated carbocycles. The Kier molecular flexibility index (Phi) is 31.5. The zero-order valence-corrected chi connectivity index (χ0v) is 67.0. The highest BCUT2D eigenvalue weighted by atomic mass is 32.2. The van der Waals surface area contributed by atoms with Crippen LogP contribution < -0.4 is 70.0 Å². The van der Waals surface area contributed by atoms with Crippen LogP contribution in [0.25, 0.3) is 21.8 Å². The number of aliphatic hydroxyl groups excluding tert-OH is 1. The van der Waals surface area contributed by atoms with Crippen molar-refractivity contribution in [1.82, 2.24) is 73.4 Å². The Balaban J connectivity index is 0.907. The van der Waals surface area contributed by atoms with Crippen LogP contribution >= 0.6 is 11.8 Å². The van der Waals surface area contributed by atoms with Gasteiger partial charge in [-0.15, -0.1) is 0 Å². The van der Waals surface area contributed by atoms with Gasteiger partial charge in [-0.25, -0.2) is 0 Å². The van der Waals surface area contributed by atoms with E-state index in [0.29, 0.717) is 53.0 Å². The maximum Gasteiger partial charge on any atom is 0.245 e. The van der Waals surface area contributed by atoms with E-state index < -0.39 is 108 Å². The fourth-order valence-corrected chi connectivity index (χ4v) is 17.0. The number of para-hydroxylation sites is 1. The number of aromatic amines is 2. The predicted molar refractivity (Wildman–Crippen MR) is 450 cm³/mol. The van der Waals surface area contributed by atoms with Crippen molar-refractivity contribution in [3.63, 3.8) is 0 Å². The first-order valence-electron chi connectivity index (χ1n) is 40.5. The number of fused-ring (bicyclic) bond motifs is 3. The van der Waals surface area contributed by atoms with Crippen LogP contribution in [0.2, 0.25) is 0 Å². The molecule has 8 aromatic rings. The van der Waals surface area contributed by atoms with Crippen LogP contribution in [0.5, 0.6) is 11.5 Å². The van der Waals surface area contributed by atoms with E-state index in [-0.39, 0.29) is 126 Å². The molecule has 2 aliphatic heterocycles. The number of carbonyl (C=O) groups excluding carboxylic acids is 9. The fraction of sp³-hybridized carbons (Fsp3) is 0.425. The monoisotopic (exact) mass is 1620 g/mol. The van der Waals surface area contributed by atoms with E-state index in [0.717, 1.165) is 47.1 Å². The molecule has 1 aliphatic carbocycles. The van der Waals surface area contributed by atoms with Crippen molar-refractivity contribution in [1.29, 1.82) is 5.41 Å². The molecular formula is C87H111N17O12S. The number of phenols is 2. The first-order chi connectivity index (χ1) is 56.5. The number of hydrogen-bond acceptors (Lipinski definition) is 17. The van der Waals surface area contributed by atoms with Crippen LogP contribution in [0.1, 0.15) is 110 Å². The molecule has 2 aromatic heterocycles. The number of likely N-dealkylation sites (N-methyl/N-ethyl adjacent to an activating group) is 1. The van der Waals surface area contributed by atoms with Crippen LogP contribution in [0.4, 0.5) is 0 Å². The number of thioether (sulfide) groups is 1. The third kappa shape index (κ3) is 24.9. The zero-order chi connectivity index (χ0) is 82.9. The van der Waals surface area contributed by atoms with Crippen molar-refractivity contribution in [2.75, 3.05) is 51.3 Å². The molecule has 0 spiro atoms. The van der Waals surface area contributed by atoms with Gasteiger partial charge in [0.25, 0.3) is 0 Å². The summed E-state index contributed by atoms with van der Waals surface area (Å²) in [5, 5.41) is 74.2. The summed E-state index contributed by atoms with van der Waals surface area (Å²) in [6.07, 6.45) is 5.35. The molecule has 0 unspecified atom stereocenters. The van der Waals surface area contributed by atoms with Gasteiger partial charge in [-0.05, 0) is 178 Å². The fourth-order valence-electron chi connectivity index (χ4n) is 16.0. The highest BCUT2D eigenvalue weighted by molar-refractivity contribution is 7.99. The zero-order valence-electron chi connectivity index (χ0n) is 66.2. The van der Waals surface area contributed by atoms with Gasteiger partial charge in [0.05, 0.1) is 17.9 Å². The summed E-state index contributed by atoms with van der Waals surface area (Å²) < 4.78 is 0. The summed E-state index contributed by atoms with van der Waals surface area (Å²) in [5.74, 6) is -5.44. The summed E-state index contributed by atoms with van der Waals surface area (Å²) in [5.41, 5.74) is 19.4. The highest BCUT2D eigenvalue weighted by Crippen LogP contribution is 2.45. The number of hydrogen-bond donors (Lipinski definition) is 19. The minimum atomic E-state index is -1.71. The number of nitrogens with one attached hydrogen (secondary N) is 14. The lowest BCUT2D eigenvalue weighted by atomic mass is 9.73. The molecule has 622 valence electrons. The van der Waals surface area contributed by atoms with Gasteiger partial charge in [-0.1, -0.05) is 115 Å². The number of benzene rings is 6. The van der Waals surface area contributed by atoms with E-state index >= 15 is 24.0 Å². The molecule has 13 atom stereocenters. The first-order valence-corrected chi connectivity index (χ1v) is 41.6. The van der Waals surface area contributed by atoms with Crippen molar-refractivity contribution in [2.24, 2.45) is 17.4 Å². The van der Waals surface area contributed by atoms with Gasteiger partial charge < -0.3 is 100 Å². The third-order valence-electron chi connectivity index (χ3n) is 22.2. The first kappa shape index (κ1) is 86.5. The number of phenolic OH excluding ortho intramolecular Hbond substituents is 2. The van der Waals surface area contributed by atoms with E-state index in [1.165, 1.54) is 35.6 Å². The van der Waals surface area contributed by atoms with Crippen LogP contribution in [0.3, 0.4) is 0 Å². The molecule has 21 N–H and O–H groups in total. The van der Waals surface area contributed by atoms with Gasteiger partial charge in [0.15, 0.2) is 5.96 Å². The van der Waals surface area contributed by atoms with Crippen molar-refractivity contribution in [2.45, 2.75) is 176 Å². The van der Waals surface area contributed by atoms with Gasteiger partial charge >= 0.3 is 0 Å². The molecule has 0 radical (unpaired) electrons. The number of guanidine groups is 1. The van der Waals surface area contributed by atoms with E-state index in [2.05, 4.69) is 105 Å². The van der Waals surface area contributed by atoms with Crippen molar-refractivity contribution >= 4 is 92.7 Å². The highest BCUT2D eigenvalue weighted by Gasteiger charge is 2.41. The van der Waals surface area contributed by atoms with Crippen LogP contribution in [-0.2, 0) is 81.7 Å². The summed E-state index contributed by atoms with van der Waals surface area (Å²) in [6, 6.07) is 32.5. The number of carbonyl (C=O) groups is 9. The van der Waals surface area contributed by atoms with E-state index in [1.54, 1.807) is 115 Å². The quantitative estimate of drug-likeness (QED) is 0.0197. The molecule has 2 fully saturated rings. The number of rotatable bonds is 27. The Morgan fingerprint density at radius 2 is 1.15 bits per heavy atom. The largest absolute Gasteiger partial charge is 0.508 e. The van der Waals surface area contributed by atoms with Gasteiger partial charge in [-0.3, -0.25) is 48.6 Å². The van der Waals surface area contributed by atoms with E-state index in [9.17, 15) is 34.5 Å². The van der Waals surface area contributed by atoms with Crippen LogP contribution in [0.15, 0.2) is 164 Å². The van der Waals surface area contributed by atoms with Gasteiger partial charge in [0.1, 0.15) is 53.8 Å². The molecule has 30 heteroatoms. The maximum absolute atomic E-state index is 15.5. The lowest BCUT2D eigenvalue weighted by Crippen LogP contribution is -2.62. The second kappa shape index (κ2) is 42.5. The van der Waals surface area contributed by atoms with Crippen molar-refractivity contribution in [3.8, 4) is 11.5 Å². The molecule has 2 saturated heterocycles. The van der Waals surface area contributed by atoms with E-state index in [4.69, 9.17) is 16.9 Å². The third-order valence-corrected chi connectivity index (χ3v) is 23.3. The Morgan fingerprint density at radius 1 is 0.598 bits per heavy atom. The van der Waals surface area contributed by atoms with E-state index in [1.807, 2.05) is 24.3 Å². The number of unbranched alkanes of at least 4 members (excludes halogenated alkanes) is 1. The molecule has 29 nitrogen and oxygen atoms in total. The lowest BCUT2D eigenvalue weighted by Gasteiger charge is -2.45. The van der Waals surface area contributed by atoms with Gasteiger partial charge in [-0.2, -0.15) is 11.8 Å². The Labute approximate surface area is 685 Å². The summed E-state index contributed by atoms with van der Waals surface area (Å²) in [7, 11) is 2.19. The minimum Gasteiger partial charge on any atom is -0.508 e. The van der Waals surface area contributed by atoms with Crippen LogP contribution in [0, 0.1) is 11.3 Å². The molecular weight excluding hydrogens is 1510 g/mol. The number of amides is 9. The Morgan fingerprint density at radius 3 is 1.79 bits per heavy atom. The van der Waals surface area contributed by atoms with Crippen molar-refractivity contribution in [3.05, 3.63) is 203 Å². The molecule has 4 heterocycles. The van der Waals surface area contributed by atoms with Gasteiger partial charge in [0.2, 0.25) is 53.2 Å². The Bertz CT molecular complexity index is 4680. The molecule has 9 amide bonds. The number of likely N-dealkylation sites (tertiary alicyclic amines) is 1.